The van der Waals surface area contributed by atoms with Crippen LogP contribution in [-0.4, -0.2) is 37.9 Å². The number of rotatable bonds is 7. The van der Waals surface area contributed by atoms with Crippen molar-refractivity contribution in [3.63, 3.8) is 0 Å². The van der Waals surface area contributed by atoms with Crippen molar-refractivity contribution in [2.75, 3.05) is 30.4 Å². The summed E-state index contributed by atoms with van der Waals surface area (Å²) >= 11 is 0. The number of allylic oxidation sites excluding steroid dienone is 1. The van der Waals surface area contributed by atoms with Gasteiger partial charge in [-0.15, -0.1) is 0 Å². The van der Waals surface area contributed by atoms with Crippen LogP contribution in [0.5, 0.6) is 5.75 Å². The Morgan fingerprint density at radius 3 is 2.56 bits per heavy atom. The van der Waals surface area contributed by atoms with E-state index in [1.54, 1.807) is 13.3 Å². The predicted molar refractivity (Wildman–Crippen MR) is 134 cm³/mol. The molecular weight excluding hydrogens is 400 g/mol. The molecule has 0 saturated heterocycles. The van der Waals surface area contributed by atoms with Crippen LogP contribution in [0.15, 0.2) is 41.5 Å². The highest BCUT2D eigenvalue weighted by Crippen LogP contribution is 2.41. The van der Waals surface area contributed by atoms with Crippen molar-refractivity contribution in [1.29, 1.82) is 0 Å². The summed E-state index contributed by atoms with van der Waals surface area (Å²) in [5.41, 5.74) is 10.2. The van der Waals surface area contributed by atoms with E-state index in [2.05, 4.69) is 80.5 Å². The van der Waals surface area contributed by atoms with Crippen LogP contribution in [0.2, 0.25) is 0 Å². The van der Waals surface area contributed by atoms with E-state index in [1.807, 2.05) is 18.2 Å². The quantitative estimate of drug-likeness (QED) is 0.481. The smallest absolute Gasteiger partial charge is 0.259 e. The van der Waals surface area contributed by atoms with Crippen LogP contribution in [0.25, 0.3) is 5.57 Å². The number of hydrogen-bond donors (Lipinski definition) is 2. The second kappa shape index (κ2) is 9.47. The number of ether oxygens (including phenoxy) is 1. The Morgan fingerprint density at radius 2 is 1.91 bits per heavy atom. The van der Waals surface area contributed by atoms with E-state index in [0.717, 1.165) is 34.8 Å². The lowest BCUT2D eigenvalue weighted by molar-refractivity contribution is -0.119. The zero-order valence-electron chi connectivity index (χ0n) is 20.2. The lowest BCUT2D eigenvalue weighted by Crippen LogP contribution is -2.44. The van der Waals surface area contributed by atoms with Crippen LogP contribution in [0, 0.1) is 13.8 Å². The summed E-state index contributed by atoms with van der Waals surface area (Å²) in [5, 5.41) is 7.28. The van der Waals surface area contributed by atoms with Gasteiger partial charge in [-0.25, -0.2) is 5.43 Å². The molecule has 0 unspecified atom stereocenters. The molecule has 170 valence electrons. The molecule has 6 nitrogen and oxygen atoms in total. The van der Waals surface area contributed by atoms with Crippen molar-refractivity contribution in [3.8, 4) is 5.75 Å². The number of amides is 1. The fraction of sp³-hybridized carbons (Fsp3) is 0.385. The number of aryl methyl sites for hydroxylation is 2. The topological polar surface area (TPSA) is 66.0 Å². The van der Waals surface area contributed by atoms with Gasteiger partial charge >= 0.3 is 0 Å². The minimum absolute atomic E-state index is 0.0661. The molecule has 0 atom stereocenters. The molecule has 0 radical (unpaired) electrons. The number of nitrogens with zero attached hydrogens (tertiary/aromatic N) is 2. The average molecular weight is 435 g/mol. The molecule has 6 heteroatoms. The number of carbonyl (C=O) groups is 1. The average Bonchev–Trinajstić information content (AvgIpc) is 2.74. The van der Waals surface area contributed by atoms with Crippen LogP contribution in [0.1, 0.15) is 49.9 Å². The summed E-state index contributed by atoms with van der Waals surface area (Å²) in [7, 11) is 1.65. The molecule has 0 fully saturated rings. The number of methoxy groups -OCH3 is 1. The Balaban J connectivity index is 1.72. The number of nitrogens with one attached hydrogen (secondary N) is 2. The number of hydrazone groups is 1. The van der Waals surface area contributed by atoms with Crippen LogP contribution in [0.4, 0.5) is 11.4 Å². The van der Waals surface area contributed by atoms with Gasteiger partial charge in [0.05, 0.1) is 25.4 Å². The summed E-state index contributed by atoms with van der Waals surface area (Å²) in [6.07, 6.45) is 3.92. The molecule has 0 spiro atoms. The normalized spacial score (nSPS) is 14.7. The Kier molecular flexibility index (Phi) is 6.92. The van der Waals surface area contributed by atoms with Gasteiger partial charge < -0.3 is 15.0 Å². The monoisotopic (exact) mass is 434 g/mol. The second-order valence-corrected chi connectivity index (χ2v) is 8.78. The maximum Gasteiger partial charge on any atom is 0.259 e. The number of carbonyl (C=O) groups excluding carboxylic acids is 1. The second-order valence-electron chi connectivity index (χ2n) is 8.78. The van der Waals surface area contributed by atoms with E-state index in [-0.39, 0.29) is 18.0 Å². The number of benzene rings is 2. The summed E-state index contributed by atoms with van der Waals surface area (Å²) in [4.78, 5) is 14.6. The molecule has 0 bridgehead atoms. The molecule has 0 saturated carbocycles. The molecule has 32 heavy (non-hydrogen) atoms. The minimum Gasteiger partial charge on any atom is -0.496 e. The van der Waals surface area contributed by atoms with Gasteiger partial charge in [-0.3, -0.25) is 4.79 Å². The molecule has 1 aliphatic rings. The van der Waals surface area contributed by atoms with Crippen LogP contribution < -0.4 is 20.4 Å². The molecule has 1 aliphatic heterocycles. The van der Waals surface area contributed by atoms with Crippen LogP contribution in [0.3, 0.4) is 0 Å². The number of anilines is 2. The van der Waals surface area contributed by atoms with Crippen molar-refractivity contribution in [3.05, 3.63) is 58.7 Å². The molecule has 2 aromatic carbocycles. The van der Waals surface area contributed by atoms with Gasteiger partial charge in [-0.1, -0.05) is 12.1 Å². The Labute approximate surface area is 191 Å². The molecular formula is C26H34N4O2. The zero-order valence-corrected chi connectivity index (χ0v) is 20.2. The van der Waals surface area contributed by atoms with E-state index in [9.17, 15) is 4.79 Å². The van der Waals surface area contributed by atoms with E-state index in [4.69, 9.17) is 4.74 Å². The highest BCUT2D eigenvalue weighted by molar-refractivity contribution is 5.91. The van der Waals surface area contributed by atoms with E-state index in [1.165, 1.54) is 16.7 Å². The Bertz CT molecular complexity index is 1070. The van der Waals surface area contributed by atoms with Crippen molar-refractivity contribution in [1.82, 2.24) is 5.43 Å². The third kappa shape index (κ3) is 4.96. The first-order chi connectivity index (χ1) is 15.2. The molecule has 1 amide bonds. The highest BCUT2D eigenvalue weighted by atomic mass is 16.5. The number of fused-ring (bicyclic) bond motifs is 1. The van der Waals surface area contributed by atoms with Gasteiger partial charge in [-0.05, 0) is 76.4 Å². The SMILES string of the molecule is CCN1c2cc(OC)c(/C=N\NC(=O)CNc3ccc(C)c(C)c3)cc2C(C)=CC1(C)C. The minimum atomic E-state index is -0.216. The maximum atomic E-state index is 12.2. The van der Waals surface area contributed by atoms with E-state index >= 15 is 0 Å². The highest BCUT2D eigenvalue weighted by Gasteiger charge is 2.31. The first-order valence-electron chi connectivity index (χ1n) is 11.0. The van der Waals surface area contributed by atoms with Crippen molar-refractivity contribution in [2.24, 2.45) is 5.10 Å². The zero-order chi connectivity index (χ0) is 23.5. The molecule has 2 aromatic rings. The van der Waals surface area contributed by atoms with Gasteiger partial charge in [0.2, 0.25) is 0 Å². The van der Waals surface area contributed by atoms with E-state index < -0.39 is 0 Å². The fourth-order valence-electron chi connectivity index (χ4n) is 4.22. The lowest BCUT2D eigenvalue weighted by Gasteiger charge is -2.43. The predicted octanol–water partition coefficient (Wildman–Crippen LogP) is 4.90. The molecule has 0 aromatic heterocycles. The first kappa shape index (κ1) is 23.4. The van der Waals surface area contributed by atoms with Crippen LogP contribution in [-0.2, 0) is 4.79 Å². The maximum absolute atomic E-state index is 12.2. The van der Waals surface area contributed by atoms with Gasteiger partial charge in [0, 0.05) is 35.1 Å². The van der Waals surface area contributed by atoms with Crippen molar-refractivity contribution in [2.45, 2.75) is 47.1 Å². The fourth-order valence-corrected chi connectivity index (χ4v) is 4.22. The first-order valence-corrected chi connectivity index (χ1v) is 11.0. The van der Waals surface area contributed by atoms with Gasteiger partial charge in [0.25, 0.3) is 5.91 Å². The largest absolute Gasteiger partial charge is 0.496 e. The Hall–Kier alpha value is -3.28. The lowest BCUT2D eigenvalue weighted by atomic mass is 9.88. The van der Waals surface area contributed by atoms with Crippen molar-refractivity contribution >= 4 is 29.1 Å². The summed E-state index contributed by atoms with van der Waals surface area (Å²) in [5.74, 6) is 0.505. The van der Waals surface area contributed by atoms with E-state index in [0.29, 0.717) is 0 Å². The number of hydrogen-bond acceptors (Lipinski definition) is 5. The summed E-state index contributed by atoms with van der Waals surface area (Å²) in [6, 6.07) is 10.2. The van der Waals surface area contributed by atoms with Gasteiger partial charge in [0.15, 0.2) is 0 Å². The molecule has 3 rings (SSSR count). The molecule has 2 N–H and O–H groups in total. The van der Waals surface area contributed by atoms with Gasteiger partial charge in [-0.2, -0.15) is 5.10 Å². The third-order valence-electron chi connectivity index (χ3n) is 6.00. The standard InChI is InChI=1S/C26H34N4O2/c1-8-30-23-13-24(32-7)20(12-22(23)19(4)14-26(30,5)6)15-28-29-25(31)16-27-21-10-9-17(2)18(3)11-21/h9-15,27H,8,16H2,1-7H3,(H,29,31)/b28-15-. The number of likely N-dealkylation sites (N-methyl/N-ethyl adjacent to an activating group) is 1. The van der Waals surface area contributed by atoms with Gasteiger partial charge in [0.1, 0.15) is 5.75 Å². The molecule has 1 heterocycles. The molecule has 0 aliphatic carbocycles. The van der Waals surface area contributed by atoms with Crippen LogP contribution >= 0.6 is 0 Å². The Morgan fingerprint density at radius 1 is 1.16 bits per heavy atom. The third-order valence-corrected chi connectivity index (χ3v) is 6.00. The van der Waals surface area contributed by atoms with Crippen molar-refractivity contribution < 1.29 is 9.53 Å². The summed E-state index contributed by atoms with van der Waals surface area (Å²) in [6.45, 7) is 13.9. The summed E-state index contributed by atoms with van der Waals surface area (Å²) < 4.78 is 5.63.